The van der Waals surface area contributed by atoms with Gasteiger partial charge in [-0.05, 0) is 49.6 Å². The van der Waals surface area contributed by atoms with E-state index >= 15 is 0 Å². The van der Waals surface area contributed by atoms with Crippen molar-refractivity contribution in [2.75, 3.05) is 57.6 Å². The summed E-state index contributed by atoms with van der Waals surface area (Å²) in [5.74, 6) is -1.13. The van der Waals surface area contributed by atoms with Crippen molar-refractivity contribution in [3.63, 3.8) is 0 Å². The molecule has 0 saturated heterocycles. The lowest BCUT2D eigenvalue weighted by Gasteiger charge is -2.25. The number of aromatic carboxylic acids is 1. The molecule has 0 bridgehead atoms. The number of carbonyl (C=O) groups is 1. The van der Waals surface area contributed by atoms with E-state index in [9.17, 15) is 9.90 Å². The van der Waals surface area contributed by atoms with E-state index in [1.807, 2.05) is 25.1 Å². The summed E-state index contributed by atoms with van der Waals surface area (Å²) in [6.07, 6.45) is 0.763. The predicted octanol–water partition coefficient (Wildman–Crippen LogP) is 4.24. The van der Waals surface area contributed by atoms with Crippen molar-refractivity contribution in [3.8, 4) is 0 Å². The van der Waals surface area contributed by atoms with Gasteiger partial charge in [-0.1, -0.05) is 0 Å². The third-order valence-corrected chi connectivity index (χ3v) is 5.98. The largest absolute Gasteiger partial charge is 0.478 e. The molecule has 184 valence electrons. The second kappa shape index (κ2) is 14.4. The number of benzene rings is 1. The number of carboxylic acid groups (broad SMARTS) is 1. The van der Waals surface area contributed by atoms with Crippen LogP contribution in [0.4, 0.5) is 21.4 Å². The van der Waals surface area contributed by atoms with Gasteiger partial charge in [0.2, 0.25) is 5.00 Å². The Labute approximate surface area is 202 Å². The summed E-state index contributed by atoms with van der Waals surface area (Å²) in [6, 6.07) is 5.69. The van der Waals surface area contributed by atoms with E-state index in [1.165, 1.54) is 0 Å². The minimum absolute atomic E-state index is 0.00601. The number of hydrogen-bond donors (Lipinski definition) is 3. The first-order valence-electron chi connectivity index (χ1n) is 10.8. The highest BCUT2D eigenvalue weighted by Crippen LogP contribution is 2.42. The van der Waals surface area contributed by atoms with E-state index in [2.05, 4.69) is 20.0 Å². The first kappa shape index (κ1) is 27.4. The van der Waals surface area contributed by atoms with Gasteiger partial charge in [0.1, 0.15) is 5.00 Å². The van der Waals surface area contributed by atoms with Crippen LogP contribution < -0.4 is 4.90 Å². The van der Waals surface area contributed by atoms with Crippen LogP contribution >= 0.6 is 11.3 Å². The molecule has 1 aromatic carbocycles. The molecule has 0 aliphatic carbocycles. The van der Waals surface area contributed by atoms with Gasteiger partial charge in [-0.15, -0.1) is 21.6 Å². The lowest BCUT2D eigenvalue weighted by Crippen LogP contribution is -2.29. The molecule has 2 rings (SSSR count). The summed E-state index contributed by atoms with van der Waals surface area (Å²) in [5.41, 5.74) is 2.81. The maximum atomic E-state index is 11.6. The van der Waals surface area contributed by atoms with E-state index < -0.39 is 5.97 Å². The van der Waals surface area contributed by atoms with Gasteiger partial charge in [0.05, 0.1) is 50.9 Å². The highest BCUT2D eigenvalue weighted by Gasteiger charge is 2.20. The molecule has 0 amide bonds. The summed E-state index contributed by atoms with van der Waals surface area (Å²) in [4.78, 5) is 17.1. The van der Waals surface area contributed by atoms with Crippen molar-refractivity contribution in [3.05, 3.63) is 46.3 Å². The molecular formula is C23H30N4O6S. The number of ether oxygens (including phenoxy) is 2. The zero-order chi connectivity index (χ0) is 24.9. The average molecular weight is 491 g/mol. The van der Waals surface area contributed by atoms with E-state index in [-0.39, 0.29) is 30.4 Å². The molecule has 11 heteroatoms. The summed E-state index contributed by atoms with van der Waals surface area (Å²) in [7, 11) is 0. The van der Waals surface area contributed by atoms with E-state index in [0.29, 0.717) is 49.2 Å². The van der Waals surface area contributed by atoms with Crippen molar-refractivity contribution in [2.24, 2.45) is 10.2 Å². The molecule has 0 saturated carbocycles. The Morgan fingerprint density at radius 1 is 1.09 bits per heavy atom. The third-order valence-electron chi connectivity index (χ3n) is 4.91. The Balaban J connectivity index is 2.18. The number of thiophene rings is 1. The second-order valence-electron chi connectivity index (χ2n) is 7.31. The number of hydrogen-bond acceptors (Lipinski definition) is 9. The molecule has 0 radical (unpaired) electrons. The van der Waals surface area contributed by atoms with E-state index in [1.54, 1.807) is 6.92 Å². The normalized spacial score (nSPS) is 11.1. The number of azo groups is 1. The van der Waals surface area contributed by atoms with Gasteiger partial charge in [0, 0.05) is 25.4 Å². The lowest BCUT2D eigenvalue weighted by molar-refractivity contribution is 0.0697. The minimum Gasteiger partial charge on any atom is -0.478 e. The number of aryl methyl sites for hydroxylation is 1. The Bertz CT molecular complexity index is 1020. The molecule has 0 aliphatic heterocycles. The number of carboxylic acids is 1. The maximum absolute atomic E-state index is 11.6. The fourth-order valence-electron chi connectivity index (χ4n) is 3.20. The average Bonchev–Trinajstić information content (AvgIpc) is 3.14. The SMILES string of the molecule is [C-]#[N+]c1sc(N=Nc2ccc(N(CCCOCCO)CCOCCO)cc2C)c(C(=O)O)c1C. The van der Waals surface area contributed by atoms with Gasteiger partial charge in [-0.25, -0.2) is 9.64 Å². The maximum Gasteiger partial charge on any atom is 0.337 e. The lowest BCUT2D eigenvalue weighted by atomic mass is 10.1. The molecule has 1 aromatic heterocycles. The predicted molar refractivity (Wildman–Crippen MR) is 130 cm³/mol. The molecular weight excluding hydrogens is 460 g/mol. The van der Waals surface area contributed by atoms with Crippen LogP contribution in [0.3, 0.4) is 0 Å². The van der Waals surface area contributed by atoms with Crippen LogP contribution in [0.15, 0.2) is 28.4 Å². The van der Waals surface area contributed by atoms with Gasteiger partial charge in [0.25, 0.3) is 0 Å². The van der Waals surface area contributed by atoms with Crippen LogP contribution in [0.2, 0.25) is 0 Å². The van der Waals surface area contributed by atoms with Crippen LogP contribution in [-0.2, 0) is 9.47 Å². The fourth-order valence-corrected chi connectivity index (χ4v) is 4.11. The Morgan fingerprint density at radius 2 is 1.79 bits per heavy atom. The number of nitrogens with zero attached hydrogens (tertiary/aromatic N) is 4. The first-order valence-corrected chi connectivity index (χ1v) is 11.6. The molecule has 10 nitrogen and oxygen atoms in total. The zero-order valence-electron chi connectivity index (χ0n) is 19.4. The van der Waals surface area contributed by atoms with E-state index in [0.717, 1.165) is 29.0 Å². The molecule has 0 atom stereocenters. The number of aliphatic hydroxyl groups excluding tert-OH is 2. The van der Waals surface area contributed by atoms with Gasteiger partial charge in [0.15, 0.2) is 0 Å². The molecule has 1 heterocycles. The molecule has 0 spiro atoms. The molecule has 2 aromatic rings. The molecule has 3 N–H and O–H groups in total. The van der Waals surface area contributed by atoms with Crippen molar-refractivity contribution in [2.45, 2.75) is 20.3 Å². The van der Waals surface area contributed by atoms with Crippen molar-refractivity contribution < 1.29 is 29.6 Å². The molecule has 0 fully saturated rings. The highest BCUT2D eigenvalue weighted by molar-refractivity contribution is 7.20. The fraction of sp³-hybridized carbons (Fsp3) is 0.478. The molecule has 34 heavy (non-hydrogen) atoms. The quantitative estimate of drug-likeness (QED) is 0.193. The molecule has 0 unspecified atom stereocenters. The minimum atomic E-state index is -1.13. The van der Waals surface area contributed by atoms with Gasteiger partial charge in [-0.2, -0.15) is 0 Å². The summed E-state index contributed by atoms with van der Waals surface area (Å²) < 4.78 is 10.8. The standard InChI is InChI=1S/C23H30N4O6S/c1-16-15-18(27(8-12-33-14-10-29)7-4-11-32-13-9-28)5-6-19(16)25-26-22-20(23(30)31)17(2)21(24-3)34-22/h5-6,15,28-29H,4,7-14H2,1-2H3,(H,30,31). The van der Waals surface area contributed by atoms with Gasteiger partial charge in [-0.3, -0.25) is 0 Å². The van der Waals surface area contributed by atoms with E-state index in [4.69, 9.17) is 26.3 Å². The summed E-state index contributed by atoms with van der Waals surface area (Å²) in [5, 5.41) is 36.1. The number of rotatable bonds is 15. The van der Waals surface area contributed by atoms with Crippen molar-refractivity contribution in [1.82, 2.24) is 0 Å². The van der Waals surface area contributed by atoms with Crippen molar-refractivity contribution in [1.29, 1.82) is 0 Å². The molecule has 0 aliphatic rings. The van der Waals surface area contributed by atoms with Crippen molar-refractivity contribution >= 4 is 38.7 Å². The Morgan fingerprint density at radius 3 is 2.41 bits per heavy atom. The number of aliphatic hydroxyl groups is 2. The topological polar surface area (TPSA) is 129 Å². The summed E-state index contributed by atoms with van der Waals surface area (Å²) in [6.45, 7) is 13.6. The first-order chi connectivity index (χ1) is 16.4. The second-order valence-corrected chi connectivity index (χ2v) is 8.29. The van der Waals surface area contributed by atoms with Crippen LogP contribution in [-0.4, -0.2) is 74.0 Å². The van der Waals surface area contributed by atoms with Crippen LogP contribution in [0.1, 0.15) is 27.9 Å². The van der Waals surface area contributed by atoms with Crippen LogP contribution in [0.5, 0.6) is 0 Å². The monoisotopic (exact) mass is 490 g/mol. The highest BCUT2D eigenvalue weighted by atomic mass is 32.1. The third kappa shape index (κ3) is 7.86. The number of anilines is 1. The Kier molecular flexibility index (Phi) is 11.6. The summed E-state index contributed by atoms with van der Waals surface area (Å²) >= 11 is 1.01. The van der Waals surface area contributed by atoms with Gasteiger partial charge >= 0.3 is 5.97 Å². The smallest absolute Gasteiger partial charge is 0.337 e. The van der Waals surface area contributed by atoms with Crippen LogP contribution in [0, 0.1) is 20.4 Å². The van der Waals surface area contributed by atoms with Crippen LogP contribution in [0.25, 0.3) is 4.85 Å². The Hall–Kier alpha value is -2.88. The zero-order valence-corrected chi connectivity index (χ0v) is 20.2. The van der Waals surface area contributed by atoms with Gasteiger partial charge < -0.3 is 29.7 Å².